The molecule has 0 N–H and O–H groups in total. The second-order valence-corrected chi connectivity index (χ2v) is 17.8. The second-order valence-electron chi connectivity index (χ2n) is 14.1. The first kappa shape index (κ1) is 35.7. The van der Waals surface area contributed by atoms with Crippen LogP contribution in [0.4, 0.5) is 0 Å². The van der Waals surface area contributed by atoms with Crippen LogP contribution in [0.3, 0.4) is 0 Å². The van der Waals surface area contributed by atoms with Crippen LogP contribution in [-0.4, -0.2) is 112 Å². The van der Waals surface area contributed by atoms with Gasteiger partial charge in [0.25, 0.3) is 0 Å². The van der Waals surface area contributed by atoms with Crippen LogP contribution in [0, 0.1) is 19.8 Å². The minimum Gasteiger partial charge on any atom is -0.358 e. The molecule has 0 amide bonds. The van der Waals surface area contributed by atoms with Crippen LogP contribution in [0.15, 0.2) is 71.0 Å². The van der Waals surface area contributed by atoms with E-state index in [2.05, 4.69) is 16.4 Å². The summed E-state index contributed by atoms with van der Waals surface area (Å²) in [7, 11) is -7.03. The predicted octanol–water partition coefficient (Wildman–Crippen LogP) is 4.60. The van der Waals surface area contributed by atoms with Gasteiger partial charge in [-0.05, 0) is 56.9 Å². The fourth-order valence-electron chi connectivity index (χ4n) is 7.72. The Labute approximate surface area is 287 Å². The lowest BCUT2D eigenvalue weighted by atomic mass is 9.84. The Bertz CT molecular complexity index is 1610. The summed E-state index contributed by atoms with van der Waals surface area (Å²) in [4.78, 5) is 5.49. The Morgan fingerprint density at radius 3 is 1.48 bits per heavy atom. The van der Waals surface area contributed by atoms with Crippen molar-refractivity contribution in [2.45, 2.75) is 80.0 Å². The van der Waals surface area contributed by atoms with E-state index in [1.807, 2.05) is 44.2 Å². The molecule has 4 saturated heterocycles. The van der Waals surface area contributed by atoms with Gasteiger partial charge in [0.2, 0.25) is 20.0 Å². The SMILES string of the molecule is C=CCN1CCC2(CC1)OCCN2S(=O)(=O)c1ccc(C)cc1.Cc1ccc(S(=O)(=O)N2CCOC23CCN(CC2CCC2)CC3)cc1. The monoisotopic (exact) mass is 700 g/mol. The number of aryl methyl sites for hydroxylation is 2. The molecule has 7 rings (SSSR count). The van der Waals surface area contributed by atoms with Crippen molar-refractivity contribution < 1.29 is 26.3 Å². The molecule has 4 aliphatic heterocycles. The van der Waals surface area contributed by atoms with E-state index in [1.54, 1.807) is 32.9 Å². The number of nitrogens with zero attached hydrogens (tertiary/aromatic N) is 4. The number of sulfonamides is 2. The molecule has 0 bridgehead atoms. The summed E-state index contributed by atoms with van der Waals surface area (Å²) in [6.45, 7) is 15.0. The summed E-state index contributed by atoms with van der Waals surface area (Å²) in [5.74, 6) is 0.853. The van der Waals surface area contributed by atoms with Gasteiger partial charge in [-0.15, -0.1) is 6.58 Å². The molecule has 10 nitrogen and oxygen atoms in total. The van der Waals surface area contributed by atoms with Crippen LogP contribution < -0.4 is 0 Å². The molecule has 2 aromatic carbocycles. The Hall–Kier alpha value is -2.16. The predicted molar refractivity (Wildman–Crippen MR) is 186 cm³/mol. The van der Waals surface area contributed by atoms with Gasteiger partial charge in [0.1, 0.15) is 11.4 Å². The minimum atomic E-state index is -3.52. The van der Waals surface area contributed by atoms with Crippen molar-refractivity contribution in [3.8, 4) is 0 Å². The van der Waals surface area contributed by atoms with Crippen molar-refractivity contribution in [1.82, 2.24) is 18.4 Å². The molecule has 12 heteroatoms. The average molecular weight is 701 g/mol. The quantitative estimate of drug-likeness (QED) is 0.369. The Morgan fingerprint density at radius 2 is 1.10 bits per heavy atom. The average Bonchev–Trinajstić information content (AvgIpc) is 3.67. The largest absolute Gasteiger partial charge is 0.358 e. The fraction of sp³-hybridized carbons (Fsp3) is 0.611. The lowest BCUT2D eigenvalue weighted by Crippen LogP contribution is -2.55. The van der Waals surface area contributed by atoms with Crippen LogP contribution in [0.2, 0.25) is 0 Å². The van der Waals surface area contributed by atoms with Crippen molar-refractivity contribution >= 4 is 20.0 Å². The van der Waals surface area contributed by atoms with Crippen molar-refractivity contribution in [3.05, 3.63) is 72.3 Å². The molecule has 2 spiro atoms. The summed E-state index contributed by atoms with van der Waals surface area (Å²) < 4.78 is 67.6. The number of piperidine rings is 2. The van der Waals surface area contributed by atoms with Gasteiger partial charge >= 0.3 is 0 Å². The third kappa shape index (κ3) is 7.32. The van der Waals surface area contributed by atoms with Gasteiger partial charge in [0.15, 0.2) is 0 Å². The maximum atomic E-state index is 13.2. The lowest BCUT2D eigenvalue weighted by molar-refractivity contribution is -0.0930. The third-order valence-electron chi connectivity index (χ3n) is 10.9. The Balaban J connectivity index is 0.000000168. The number of hydrogen-bond acceptors (Lipinski definition) is 8. The van der Waals surface area contributed by atoms with Crippen LogP contribution in [0.5, 0.6) is 0 Å². The normalized spacial score (nSPS) is 24.0. The molecule has 5 aliphatic rings. The maximum absolute atomic E-state index is 13.2. The molecule has 264 valence electrons. The zero-order valence-corrected chi connectivity index (χ0v) is 30.2. The van der Waals surface area contributed by atoms with Gasteiger partial charge in [0, 0.05) is 78.0 Å². The highest BCUT2D eigenvalue weighted by Crippen LogP contribution is 2.40. The van der Waals surface area contributed by atoms with Gasteiger partial charge < -0.3 is 14.4 Å². The molecule has 4 heterocycles. The number of likely N-dealkylation sites (tertiary alicyclic amines) is 2. The van der Waals surface area contributed by atoms with Gasteiger partial charge in [-0.25, -0.2) is 16.8 Å². The fourth-order valence-corrected chi connectivity index (χ4v) is 11.2. The van der Waals surface area contributed by atoms with E-state index in [0.29, 0.717) is 48.9 Å². The second kappa shape index (κ2) is 14.6. The zero-order valence-electron chi connectivity index (χ0n) is 28.6. The minimum absolute atomic E-state index is 0.349. The first-order valence-electron chi connectivity index (χ1n) is 17.5. The highest BCUT2D eigenvalue weighted by molar-refractivity contribution is 7.89. The van der Waals surface area contributed by atoms with E-state index < -0.39 is 31.5 Å². The van der Waals surface area contributed by atoms with Crippen LogP contribution in [-0.2, 0) is 29.5 Å². The first-order valence-corrected chi connectivity index (χ1v) is 20.4. The summed E-state index contributed by atoms with van der Waals surface area (Å²) in [5.41, 5.74) is 0.797. The summed E-state index contributed by atoms with van der Waals surface area (Å²) in [6.07, 6.45) is 8.90. The molecule has 0 unspecified atom stereocenters. The highest BCUT2D eigenvalue weighted by Gasteiger charge is 2.51. The summed E-state index contributed by atoms with van der Waals surface area (Å²) >= 11 is 0. The first-order chi connectivity index (χ1) is 23.0. The van der Waals surface area contributed by atoms with E-state index in [1.165, 1.54) is 25.8 Å². The molecule has 2 aromatic rings. The topological polar surface area (TPSA) is 99.7 Å². The number of hydrogen-bond donors (Lipinski definition) is 0. The lowest BCUT2D eigenvalue weighted by Gasteiger charge is -2.44. The third-order valence-corrected chi connectivity index (χ3v) is 14.8. The molecule has 0 atom stereocenters. The molecule has 0 aromatic heterocycles. The Morgan fingerprint density at radius 1 is 0.688 bits per heavy atom. The highest BCUT2D eigenvalue weighted by atomic mass is 32.2. The van der Waals surface area contributed by atoms with Crippen LogP contribution >= 0.6 is 0 Å². The molecule has 1 aliphatic carbocycles. The number of rotatable bonds is 8. The van der Waals surface area contributed by atoms with Crippen LogP contribution in [0.1, 0.15) is 56.1 Å². The van der Waals surface area contributed by atoms with Crippen molar-refractivity contribution in [1.29, 1.82) is 0 Å². The van der Waals surface area contributed by atoms with Gasteiger partial charge in [-0.1, -0.05) is 47.9 Å². The summed E-state index contributed by atoms with van der Waals surface area (Å²) in [6, 6.07) is 14.2. The van der Waals surface area contributed by atoms with E-state index in [4.69, 9.17) is 9.47 Å². The van der Waals surface area contributed by atoms with E-state index >= 15 is 0 Å². The Kier molecular flexibility index (Phi) is 10.8. The van der Waals surface area contributed by atoms with Crippen molar-refractivity contribution in [2.24, 2.45) is 5.92 Å². The van der Waals surface area contributed by atoms with E-state index in [9.17, 15) is 16.8 Å². The molecule has 1 saturated carbocycles. The van der Waals surface area contributed by atoms with Crippen LogP contribution in [0.25, 0.3) is 0 Å². The zero-order chi connectivity index (χ0) is 34.0. The molecule has 5 fully saturated rings. The van der Waals surface area contributed by atoms with Crippen molar-refractivity contribution in [3.63, 3.8) is 0 Å². The molecular formula is C36H52N4O6S2. The number of benzene rings is 2. The van der Waals surface area contributed by atoms with Gasteiger partial charge in [-0.2, -0.15) is 8.61 Å². The van der Waals surface area contributed by atoms with Crippen molar-refractivity contribution in [2.75, 3.05) is 65.6 Å². The molecular weight excluding hydrogens is 649 g/mol. The van der Waals surface area contributed by atoms with Gasteiger partial charge in [0.05, 0.1) is 23.0 Å². The van der Waals surface area contributed by atoms with Gasteiger partial charge in [-0.3, -0.25) is 4.90 Å². The summed E-state index contributed by atoms with van der Waals surface area (Å²) in [5, 5.41) is 0. The molecule has 0 radical (unpaired) electrons. The van der Waals surface area contributed by atoms with E-state index in [-0.39, 0.29) is 0 Å². The number of ether oxygens (including phenoxy) is 2. The molecule has 48 heavy (non-hydrogen) atoms. The standard InChI is InChI=1S/C19H28N2O3S.C17H24N2O3S/c1-16-5-7-18(8-6-16)25(22,23)21-13-14-24-19(21)9-11-20(12-10-19)15-17-3-2-4-17;1-3-10-18-11-8-17(9-12-18)19(13-14-22-17)23(20,21)16-6-4-15(2)5-7-16/h5-8,17H,2-4,9-15H2,1H3;3-7H,1,8-14H2,2H3. The smallest absolute Gasteiger partial charge is 0.245 e. The van der Waals surface area contributed by atoms with E-state index in [0.717, 1.165) is 62.6 Å². The maximum Gasteiger partial charge on any atom is 0.245 e.